The topological polar surface area (TPSA) is 285 Å². The molecule has 0 unspecified atom stereocenters. The van der Waals surface area contributed by atoms with Crippen LogP contribution in [0.5, 0.6) is 6.01 Å². The Morgan fingerprint density at radius 2 is 0.802 bits per heavy atom. The molecule has 4 aliphatic heterocycles. The van der Waals surface area contributed by atoms with Gasteiger partial charge in [-0.15, -0.1) is 15.3 Å². The van der Waals surface area contributed by atoms with Crippen LogP contribution in [0, 0.1) is 41.5 Å². The van der Waals surface area contributed by atoms with Gasteiger partial charge in [0.1, 0.15) is 69.9 Å². The number of anilines is 3. The van der Waals surface area contributed by atoms with Gasteiger partial charge in [0.15, 0.2) is 22.6 Å². The number of fused-ring (bicyclic) bond motifs is 3. The number of benzene rings is 3. The molecule has 0 saturated carbocycles. The summed E-state index contributed by atoms with van der Waals surface area (Å²) in [4.78, 5) is 61.2. The molecule has 96 heavy (non-hydrogen) atoms. The van der Waals surface area contributed by atoms with Crippen molar-refractivity contribution in [3.8, 4) is 23.5 Å². The van der Waals surface area contributed by atoms with Crippen LogP contribution in [-0.2, 0) is 35.7 Å². The summed E-state index contributed by atoms with van der Waals surface area (Å²) < 4.78 is 46.8. The lowest BCUT2D eigenvalue weighted by Crippen LogP contribution is -2.46. The fourth-order valence-electron chi connectivity index (χ4n) is 12.3. The van der Waals surface area contributed by atoms with E-state index < -0.39 is 9.84 Å². The third-order valence-electron chi connectivity index (χ3n) is 17.2. The summed E-state index contributed by atoms with van der Waals surface area (Å²) in [6, 6.07) is 30.6. The first-order chi connectivity index (χ1) is 46.1. The lowest BCUT2D eigenvalue weighted by atomic mass is 9.99. The Bertz CT molecular complexity index is 4920. The van der Waals surface area contributed by atoms with Crippen molar-refractivity contribution in [3.63, 3.8) is 0 Å². The minimum absolute atomic E-state index is 0.0224. The van der Waals surface area contributed by atoms with Gasteiger partial charge < -0.3 is 37.9 Å². The highest BCUT2D eigenvalue weighted by molar-refractivity contribution is 7.98. The standard InChI is InChI=1S/C22H26N8O.C20H22N8O2S.C20H22N8S.C4H8O/c1-13(2)31-22-25-19(10-20(26-22)30-15(4)23-14(3)27-30)29-11-16(12-29)21-24-17-8-6-7-9-18(17)28(21)5;1-12-21-13(2)28(25-12)18-9-17(23-20(24-18)31(4,29)30)27-10-14(11-27)19-22-15-7-5-6-8-16(15)26(19)3;1-12-21-13(2)28(25-12)18-9-17(23-20(24-18)29-4)27-10-14(11-27)19-22-15-7-5-6-8-16(15)26(19)3;1-2-4-5-3-1/h6-10,13,16H,11-12H2,1-5H3;5-9,14H,10-11H2,1-4H3;5-9,14H,10-11H2,1-4H3;1-4H2. The summed E-state index contributed by atoms with van der Waals surface area (Å²) in [7, 11) is 2.60. The van der Waals surface area contributed by atoms with E-state index in [1.807, 2.05) is 108 Å². The van der Waals surface area contributed by atoms with Crippen LogP contribution in [0.15, 0.2) is 101 Å². The predicted molar refractivity (Wildman–Crippen MR) is 367 cm³/mol. The first kappa shape index (κ1) is 64.9. The Kier molecular flexibility index (Phi) is 18.1. The van der Waals surface area contributed by atoms with E-state index in [2.05, 4.69) is 129 Å². The molecule has 3 aromatic carbocycles. The molecule has 498 valence electrons. The maximum absolute atomic E-state index is 12.2. The maximum Gasteiger partial charge on any atom is 0.320 e. The number of sulfone groups is 1. The fourth-order valence-corrected chi connectivity index (χ4v) is 13.2. The third kappa shape index (κ3) is 13.4. The molecule has 16 rings (SSSR count). The number of nitrogens with zero attached hydrogens (tertiary/aromatic N) is 24. The second-order valence-electron chi connectivity index (χ2n) is 24.8. The van der Waals surface area contributed by atoms with E-state index >= 15 is 0 Å². The van der Waals surface area contributed by atoms with Crippen molar-refractivity contribution < 1.29 is 17.9 Å². The van der Waals surface area contributed by atoms with Crippen molar-refractivity contribution in [2.45, 2.75) is 102 Å². The zero-order valence-corrected chi connectivity index (χ0v) is 57.9. The SMILES string of the molecule is C1CCOC1.CSc1nc(N2CC(c3nc4ccccc4n3C)C2)cc(-n2nc(C)nc2C)n1.Cc1nc(C)n(-c2cc(N3CC(c4nc5ccccc5n4C)C3)nc(OC(C)C)n2)n1.Cc1nc(C)n(-c2cc(N3CC(c4nc5ccccc5n4C)C3)nc(S(C)(=O)=O)n2)n1. The van der Waals surface area contributed by atoms with Crippen molar-refractivity contribution in [1.29, 1.82) is 0 Å². The molecule has 0 spiro atoms. The molecule has 13 heterocycles. The van der Waals surface area contributed by atoms with Gasteiger partial charge in [0.25, 0.3) is 5.16 Å². The molecular weight excluding hydrogens is 1260 g/mol. The van der Waals surface area contributed by atoms with E-state index in [0.717, 1.165) is 131 Å². The normalized spacial score (nSPS) is 15.1. The number of aryl methyl sites for hydroxylation is 9. The number of rotatable bonds is 13. The Hall–Kier alpha value is -9.81. The highest BCUT2D eigenvalue weighted by atomic mass is 32.2. The Morgan fingerprint density at radius 3 is 1.14 bits per heavy atom. The molecule has 0 amide bonds. The molecule has 4 fully saturated rings. The fraction of sp³-hybridized carbons (Fsp3) is 0.409. The van der Waals surface area contributed by atoms with E-state index in [1.165, 1.54) is 34.8 Å². The molecule has 30 heteroatoms. The van der Waals surface area contributed by atoms with Gasteiger partial charge >= 0.3 is 6.01 Å². The van der Waals surface area contributed by atoms with Gasteiger partial charge in [0, 0.05) is 98.1 Å². The van der Waals surface area contributed by atoms with Crippen LogP contribution in [0.4, 0.5) is 17.5 Å². The van der Waals surface area contributed by atoms with Crippen molar-refractivity contribution in [2.75, 3.05) is 79.7 Å². The second-order valence-corrected chi connectivity index (χ2v) is 27.5. The largest absolute Gasteiger partial charge is 0.461 e. The number of aromatic nitrogens is 21. The highest BCUT2D eigenvalue weighted by Gasteiger charge is 2.37. The van der Waals surface area contributed by atoms with E-state index in [1.54, 1.807) is 29.3 Å². The summed E-state index contributed by atoms with van der Waals surface area (Å²) >= 11 is 1.53. The quantitative estimate of drug-likeness (QED) is 0.0776. The molecule has 28 nitrogen and oxygen atoms in total. The monoisotopic (exact) mass is 1330 g/mol. The molecular formula is C66H78N24O4S2. The van der Waals surface area contributed by atoms with Crippen LogP contribution < -0.4 is 19.4 Å². The van der Waals surface area contributed by atoms with Crippen LogP contribution in [-0.4, -0.2) is 182 Å². The number of ether oxygens (including phenoxy) is 2. The third-order valence-corrected chi connectivity index (χ3v) is 18.6. The van der Waals surface area contributed by atoms with Crippen molar-refractivity contribution in [3.05, 3.63) is 143 Å². The molecule has 0 aliphatic carbocycles. The smallest absolute Gasteiger partial charge is 0.320 e. The lowest BCUT2D eigenvalue weighted by molar-refractivity contribution is 0.198. The number of para-hydroxylation sites is 6. The highest BCUT2D eigenvalue weighted by Crippen LogP contribution is 2.37. The van der Waals surface area contributed by atoms with E-state index in [9.17, 15) is 8.42 Å². The number of imidazole rings is 3. The maximum atomic E-state index is 12.2. The van der Waals surface area contributed by atoms with Crippen molar-refractivity contribution in [1.82, 2.24) is 103 Å². The minimum atomic E-state index is -3.60. The zero-order chi connectivity index (χ0) is 67.3. The van der Waals surface area contributed by atoms with E-state index in [4.69, 9.17) is 29.4 Å². The number of hydrogen-bond donors (Lipinski definition) is 0. The molecule has 4 saturated heterocycles. The second kappa shape index (κ2) is 26.8. The summed E-state index contributed by atoms with van der Waals surface area (Å²) in [5.41, 5.74) is 6.48. The molecule has 0 bridgehead atoms. The first-order valence-electron chi connectivity index (χ1n) is 32.0. The van der Waals surface area contributed by atoms with Gasteiger partial charge in [0.05, 0.1) is 57.0 Å². The summed E-state index contributed by atoms with van der Waals surface area (Å²) in [5, 5.41) is 13.8. The first-order valence-corrected chi connectivity index (χ1v) is 35.1. The summed E-state index contributed by atoms with van der Waals surface area (Å²) in [6.07, 6.45) is 5.62. The average molecular weight is 1340 g/mol. The van der Waals surface area contributed by atoms with Crippen LogP contribution in [0.3, 0.4) is 0 Å². The molecule has 0 N–H and O–H groups in total. The van der Waals surface area contributed by atoms with Gasteiger partial charge in [-0.25, -0.2) is 53.3 Å². The van der Waals surface area contributed by atoms with Crippen molar-refractivity contribution in [2.24, 2.45) is 21.1 Å². The average Bonchev–Trinajstić information content (AvgIpc) is 1.46. The summed E-state index contributed by atoms with van der Waals surface area (Å²) in [5.74, 6) is 12.5. The summed E-state index contributed by atoms with van der Waals surface area (Å²) in [6.45, 7) is 21.9. The van der Waals surface area contributed by atoms with Crippen molar-refractivity contribution >= 4 is 72.2 Å². The van der Waals surface area contributed by atoms with Crippen LogP contribution in [0.2, 0.25) is 0 Å². The molecule has 4 aliphatic rings. The molecule has 9 aromatic heterocycles. The van der Waals surface area contributed by atoms with Crippen LogP contribution >= 0.6 is 11.8 Å². The Labute approximate surface area is 560 Å². The number of thioether (sulfide) groups is 1. The van der Waals surface area contributed by atoms with Gasteiger partial charge in [-0.05, 0) is 111 Å². The van der Waals surface area contributed by atoms with Gasteiger partial charge in [-0.1, -0.05) is 48.2 Å². The molecule has 12 aromatic rings. The lowest BCUT2D eigenvalue weighted by Gasteiger charge is -2.39. The van der Waals surface area contributed by atoms with Gasteiger partial charge in [-0.2, -0.15) is 29.0 Å². The van der Waals surface area contributed by atoms with Crippen LogP contribution in [0.25, 0.3) is 50.6 Å². The molecule has 0 atom stereocenters. The zero-order valence-electron chi connectivity index (χ0n) is 56.2. The Morgan fingerprint density at radius 1 is 0.469 bits per heavy atom. The van der Waals surface area contributed by atoms with Gasteiger partial charge in [-0.3, -0.25) is 0 Å². The van der Waals surface area contributed by atoms with E-state index in [-0.39, 0.29) is 17.2 Å². The van der Waals surface area contributed by atoms with E-state index in [0.29, 0.717) is 65.9 Å². The predicted octanol–water partition coefficient (Wildman–Crippen LogP) is 8.20. The number of hydrogen-bond acceptors (Lipinski definition) is 23. The van der Waals surface area contributed by atoms with Gasteiger partial charge in [0.2, 0.25) is 9.84 Å². The molecule has 0 radical (unpaired) electrons. The van der Waals surface area contributed by atoms with Crippen LogP contribution in [0.1, 0.15) is 96.9 Å². The minimum Gasteiger partial charge on any atom is -0.461 e. The Balaban J connectivity index is 0.000000125.